The van der Waals surface area contributed by atoms with E-state index in [0.29, 0.717) is 11.3 Å². The van der Waals surface area contributed by atoms with Crippen LogP contribution >= 0.6 is 0 Å². The molecule has 2 aromatic carbocycles. The number of rotatable bonds is 4. The fourth-order valence-corrected chi connectivity index (χ4v) is 2.30. The zero-order chi connectivity index (χ0) is 18.6. The number of benzene rings is 2. The lowest BCUT2D eigenvalue weighted by Gasteiger charge is -2.22. The van der Waals surface area contributed by atoms with E-state index in [9.17, 15) is 22.8 Å². The molecule has 2 aromatic rings. The number of hydrogen-bond donors (Lipinski definition) is 2. The lowest BCUT2D eigenvalue weighted by molar-refractivity contribution is -0.155. The topological polar surface area (TPSA) is 58.2 Å². The largest absolute Gasteiger partial charge is 0.412 e. The summed E-state index contributed by atoms with van der Waals surface area (Å²) >= 11 is 0. The van der Waals surface area contributed by atoms with Crippen LogP contribution in [0, 0.1) is 6.92 Å². The van der Waals surface area contributed by atoms with Gasteiger partial charge < -0.3 is 10.6 Å². The Morgan fingerprint density at radius 2 is 1.68 bits per heavy atom. The third-order valence-electron chi connectivity index (χ3n) is 3.55. The zero-order valence-electron chi connectivity index (χ0n) is 13.6. The Hall–Kier alpha value is -2.83. The monoisotopic (exact) mass is 350 g/mol. The third kappa shape index (κ3) is 4.82. The molecule has 0 bridgehead atoms. The number of aryl methyl sites for hydroxylation is 1. The second kappa shape index (κ2) is 7.38. The number of alkyl halides is 3. The van der Waals surface area contributed by atoms with Crippen LogP contribution in [0.15, 0.2) is 48.5 Å². The third-order valence-corrected chi connectivity index (χ3v) is 3.55. The summed E-state index contributed by atoms with van der Waals surface area (Å²) in [5, 5.41) is 4.56. The van der Waals surface area contributed by atoms with Crippen molar-refractivity contribution in [1.29, 1.82) is 0 Å². The molecule has 0 radical (unpaired) electrons. The Labute approximate surface area is 143 Å². The molecule has 25 heavy (non-hydrogen) atoms. The lowest BCUT2D eigenvalue weighted by atomic mass is 10.0. The SMILES string of the molecule is CC(=O)Nc1cc(C(=O)NC(c2ccccc2)C(F)(F)F)ccc1C. The summed E-state index contributed by atoms with van der Waals surface area (Å²) in [6, 6.07) is 9.35. The van der Waals surface area contributed by atoms with Crippen molar-refractivity contribution in [3.8, 4) is 0 Å². The Kier molecular flexibility index (Phi) is 5.46. The van der Waals surface area contributed by atoms with E-state index in [-0.39, 0.29) is 17.0 Å². The molecule has 2 rings (SSSR count). The normalized spacial score (nSPS) is 12.4. The summed E-state index contributed by atoms with van der Waals surface area (Å²) in [6.07, 6.45) is -4.64. The highest BCUT2D eigenvalue weighted by Gasteiger charge is 2.41. The standard InChI is InChI=1S/C18H17F3N2O2/c1-11-8-9-14(10-15(11)22-12(2)24)17(25)23-16(18(19,20)21)13-6-4-3-5-7-13/h3-10,16H,1-2H3,(H,22,24)(H,23,25). The molecular weight excluding hydrogens is 333 g/mol. The van der Waals surface area contributed by atoms with Crippen LogP contribution in [0.4, 0.5) is 18.9 Å². The van der Waals surface area contributed by atoms with Gasteiger partial charge in [0, 0.05) is 18.2 Å². The van der Waals surface area contributed by atoms with Crippen LogP contribution in [-0.2, 0) is 4.79 Å². The molecule has 0 aliphatic carbocycles. The molecule has 1 atom stereocenters. The first-order valence-electron chi connectivity index (χ1n) is 7.49. The number of nitrogens with one attached hydrogen (secondary N) is 2. The van der Waals surface area contributed by atoms with E-state index in [1.807, 2.05) is 5.32 Å². The molecule has 2 N–H and O–H groups in total. The Morgan fingerprint density at radius 3 is 2.24 bits per heavy atom. The Bertz CT molecular complexity index is 774. The van der Waals surface area contributed by atoms with Crippen molar-refractivity contribution in [2.45, 2.75) is 26.1 Å². The molecule has 0 aliphatic heterocycles. The highest BCUT2D eigenvalue weighted by molar-refractivity contribution is 5.97. The van der Waals surface area contributed by atoms with Crippen molar-refractivity contribution in [3.63, 3.8) is 0 Å². The summed E-state index contributed by atoms with van der Waals surface area (Å²) < 4.78 is 40.0. The first kappa shape index (κ1) is 18.5. The van der Waals surface area contributed by atoms with Crippen molar-refractivity contribution in [3.05, 3.63) is 65.2 Å². The summed E-state index contributed by atoms with van der Waals surface area (Å²) in [4.78, 5) is 23.5. The first-order chi connectivity index (χ1) is 11.7. The van der Waals surface area contributed by atoms with Crippen molar-refractivity contribution in [2.75, 3.05) is 5.32 Å². The van der Waals surface area contributed by atoms with Gasteiger partial charge >= 0.3 is 6.18 Å². The van der Waals surface area contributed by atoms with Crippen LogP contribution in [0.2, 0.25) is 0 Å². The lowest BCUT2D eigenvalue weighted by Crippen LogP contribution is -2.38. The van der Waals surface area contributed by atoms with E-state index in [0.717, 1.165) is 0 Å². The van der Waals surface area contributed by atoms with Crippen molar-refractivity contribution in [1.82, 2.24) is 5.32 Å². The van der Waals surface area contributed by atoms with Gasteiger partial charge in [0.25, 0.3) is 5.91 Å². The average molecular weight is 350 g/mol. The number of carbonyl (C=O) groups is 2. The van der Waals surface area contributed by atoms with Crippen molar-refractivity contribution in [2.24, 2.45) is 0 Å². The maximum atomic E-state index is 13.3. The van der Waals surface area contributed by atoms with Gasteiger partial charge in [0.15, 0.2) is 6.04 Å². The summed E-state index contributed by atoms with van der Waals surface area (Å²) in [5.41, 5.74) is 1.04. The molecule has 0 spiro atoms. The van der Waals surface area contributed by atoms with Crippen LogP contribution in [0.5, 0.6) is 0 Å². The van der Waals surface area contributed by atoms with Crippen molar-refractivity contribution < 1.29 is 22.8 Å². The van der Waals surface area contributed by atoms with Gasteiger partial charge in [-0.15, -0.1) is 0 Å². The second-order valence-electron chi connectivity index (χ2n) is 5.57. The average Bonchev–Trinajstić information content (AvgIpc) is 2.53. The molecule has 0 saturated carbocycles. The molecule has 0 saturated heterocycles. The number of halogens is 3. The molecular formula is C18H17F3N2O2. The van der Waals surface area contributed by atoms with Crippen LogP contribution < -0.4 is 10.6 Å². The fourth-order valence-electron chi connectivity index (χ4n) is 2.30. The molecule has 2 amide bonds. The van der Waals surface area contributed by atoms with Gasteiger partial charge in [-0.1, -0.05) is 36.4 Å². The minimum absolute atomic E-state index is 0.0273. The van der Waals surface area contributed by atoms with Crippen LogP contribution in [0.3, 0.4) is 0 Å². The van der Waals surface area contributed by atoms with E-state index in [1.54, 1.807) is 19.1 Å². The number of anilines is 1. The van der Waals surface area contributed by atoms with Gasteiger partial charge in [0.2, 0.25) is 5.91 Å². The highest BCUT2D eigenvalue weighted by atomic mass is 19.4. The summed E-state index contributed by atoms with van der Waals surface area (Å²) in [7, 11) is 0. The quantitative estimate of drug-likeness (QED) is 0.876. The van der Waals surface area contributed by atoms with Crippen LogP contribution in [0.1, 0.15) is 34.5 Å². The molecule has 0 heterocycles. The van der Waals surface area contributed by atoms with Gasteiger partial charge in [-0.2, -0.15) is 13.2 Å². The summed E-state index contributed by atoms with van der Waals surface area (Å²) in [6.45, 7) is 3.02. The number of amides is 2. The maximum absolute atomic E-state index is 13.3. The molecule has 0 fully saturated rings. The highest BCUT2D eigenvalue weighted by Crippen LogP contribution is 2.33. The zero-order valence-corrected chi connectivity index (χ0v) is 13.6. The van der Waals surface area contributed by atoms with Crippen molar-refractivity contribution >= 4 is 17.5 Å². The number of hydrogen-bond acceptors (Lipinski definition) is 2. The predicted octanol–water partition coefficient (Wildman–Crippen LogP) is 3.99. The van der Waals surface area contributed by atoms with E-state index in [2.05, 4.69) is 5.32 Å². The van der Waals surface area contributed by atoms with Gasteiger partial charge in [0.05, 0.1) is 0 Å². The van der Waals surface area contributed by atoms with Gasteiger partial charge in [-0.3, -0.25) is 9.59 Å². The molecule has 0 aliphatic rings. The summed E-state index contributed by atoms with van der Waals surface area (Å²) in [5.74, 6) is -1.21. The number of carbonyl (C=O) groups excluding carboxylic acids is 2. The molecule has 7 heteroatoms. The molecule has 132 valence electrons. The predicted molar refractivity (Wildman–Crippen MR) is 88.2 cm³/mol. The van der Waals surface area contributed by atoms with E-state index >= 15 is 0 Å². The van der Waals surface area contributed by atoms with Gasteiger partial charge in [-0.25, -0.2) is 0 Å². The maximum Gasteiger partial charge on any atom is 0.412 e. The minimum Gasteiger partial charge on any atom is -0.337 e. The Balaban J connectivity index is 2.29. The molecule has 4 nitrogen and oxygen atoms in total. The van der Waals surface area contributed by atoms with E-state index in [4.69, 9.17) is 0 Å². The van der Waals surface area contributed by atoms with Gasteiger partial charge in [-0.05, 0) is 30.2 Å². The minimum atomic E-state index is -4.64. The van der Waals surface area contributed by atoms with Crippen LogP contribution in [-0.4, -0.2) is 18.0 Å². The first-order valence-corrected chi connectivity index (χ1v) is 7.49. The Morgan fingerprint density at radius 1 is 1.04 bits per heavy atom. The fraction of sp³-hybridized carbons (Fsp3) is 0.222. The van der Waals surface area contributed by atoms with Crippen LogP contribution in [0.25, 0.3) is 0 Å². The van der Waals surface area contributed by atoms with Gasteiger partial charge in [0.1, 0.15) is 0 Å². The smallest absolute Gasteiger partial charge is 0.337 e. The van der Waals surface area contributed by atoms with E-state index in [1.165, 1.54) is 43.3 Å². The molecule has 1 unspecified atom stereocenters. The van der Waals surface area contributed by atoms with E-state index < -0.39 is 18.1 Å². The molecule has 0 aromatic heterocycles. The second-order valence-corrected chi connectivity index (χ2v) is 5.57.